The van der Waals surface area contributed by atoms with Gasteiger partial charge in [-0.1, -0.05) is 46.5 Å². The monoisotopic (exact) mass is 271 g/mol. The van der Waals surface area contributed by atoms with E-state index in [1.165, 1.54) is 19.3 Å². The van der Waals surface area contributed by atoms with Gasteiger partial charge in [0.25, 0.3) is 0 Å². The van der Waals surface area contributed by atoms with E-state index in [0.717, 1.165) is 12.8 Å². The Bertz CT molecular complexity index is 264. The van der Waals surface area contributed by atoms with Gasteiger partial charge in [-0.3, -0.25) is 9.59 Å². The second-order valence-corrected chi connectivity index (χ2v) is 5.66. The Labute approximate surface area is 117 Å². The number of hydrogen-bond donors (Lipinski definition) is 2. The van der Waals surface area contributed by atoms with E-state index < -0.39 is 5.97 Å². The lowest BCUT2D eigenvalue weighted by molar-refractivity contribution is -0.137. The molecule has 0 fully saturated rings. The summed E-state index contributed by atoms with van der Waals surface area (Å²) in [7, 11) is 0. The Morgan fingerprint density at radius 2 is 1.74 bits per heavy atom. The summed E-state index contributed by atoms with van der Waals surface area (Å²) < 4.78 is 0. The van der Waals surface area contributed by atoms with Crippen molar-refractivity contribution in [1.29, 1.82) is 0 Å². The molecule has 0 bridgehead atoms. The van der Waals surface area contributed by atoms with Crippen LogP contribution in [0.25, 0.3) is 0 Å². The minimum atomic E-state index is -0.853. The summed E-state index contributed by atoms with van der Waals surface area (Å²) in [5, 5.41) is 11.7. The molecule has 0 spiro atoms. The fraction of sp³-hybridized carbons (Fsp3) is 0.867. The van der Waals surface area contributed by atoms with Crippen molar-refractivity contribution in [3.05, 3.63) is 0 Å². The van der Waals surface area contributed by atoms with Gasteiger partial charge in [0, 0.05) is 12.5 Å². The third kappa shape index (κ3) is 11.7. The normalized spacial score (nSPS) is 12.4. The van der Waals surface area contributed by atoms with Crippen LogP contribution in [0.15, 0.2) is 0 Å². The van der Waals surface area contributed by atoms with Crippen molar-refractivity contribution in [2.24, 2.45) is 5.92 Å². The van der Waals surface area contributed by atoms with Crippen LogP contribution in [0.1, 0.15) is 72.1 Å². The first kappa shape index (κ1) is 17.9. The Balaban J connectivity index is 3.91. The van der Waals surface area contributed by atoms with Gasteiger partial charge in [-0.25, -0.2) is 0 Å². The summed E-state index contributed by atoms with van der Waals surface area (Å²) in [6.07, 6.45) is 6.81. The van der Waals surface area contributed by atoms with Gasteiger partial charge < -0.3 is 10.4 Å². The van der Waals surface area contributed by atoms with Gasteiger partial charge in [0.15, 0.2) is 0 Å². The van der Waals surface area contributed by atoms with Crippen LogP contribution < -0.4 is 5.32 Å². The number of rotatable bonds is 11. The zero-order valence-electron chi connectivity index (χ0n) is 12.6. The molecule has 1 unspecified atom stereocenters. The quantitative estimate of drug-likeness (QED) is 0.566. The van der Waals surface area contributed by atoms with Gasteiger partial charge in [-0.15, -0.1) is 0 Å². The molecule has 0 rings (SSSR count). The molecule has 0 aliphatic carbocycles. The van der Waals surface area contributed by atoms with Crippen molar-refractivity contribution in [2.75, 3.05) is 0 Å². The Morgan fingerprint density at radius 1 is 1.11 bits per heavy atom. The van der Waals surface area contributed by atoms with Crippen LogP contribution in [-0.2, 0) is 9.59 Å². The van der Waals surface area contributed by atoms with Crippen molar-refractivity contribution in [3.63, 3.8) is 0 Å². The predicted molar refractivity (Wildman–Crippen MR) is 77.0 cm³/mol. The smallest absolute Gasteiger partial charge is 0.305 e. The van der Waals surface area contributed by atoms with E-state index in [-0.39, 0.29) is 18.4 Å². The topological polar surface area (TPSA) is 66.4 Å². The average Bonchev–Trinajstić information content (AvgIpc) is 2.26. The van der Waals surface area contributed by atoms with Crippen LogP contribution >= 0.6 is 0 Å². The molecule has 0 radical (unpaired) electrons. The first-order valence-electron chi connectivity index (χ1n) is 7.46. The number of nitrogens with one attached hydrogen (secondary N) is 1. The van der Waals surface area contributed by atoms with Crippen molar-refractivity contribution in [1.82, 2.24) is 5.32 Å². The highest BCUT2D eigenvalue weighted by Crippen LogP contribution is 2.10. The van der Waals surface area contributed by atoms with Gasteiger partial charge in [0.2, 0.25) is 5.91 Å². The second-order valence-electron chi connectivity index (χ2n) is 5.66. The third-order valence-corrected chi connectivity index (χ3v) is 3.05. The Hall–Kier alpha value is -1.06. The predicted octanol–water partition coefficient (Wildman–Crippen LogP) is 3.35. The van der Waals surface area contributed by atoms with Crippen LogP contribution in [0.4, 0.5) is 0 Å². The molecule has 0 aromatic carbocycles. The zero-order chi connectivity index (χ0) is 14.7. The summed E-state index contributed by atoms with van der Waals surface area (Å²) in [6.45, 7) is 6.23. The molecule has 0 aromatic rings. The Kier molecular flexibility index (Phi) is 10.2. The van der Waals surface area contributed by atoms with Crippen molar-refractivity contribution >= 4 is 11.9 Å². The summed E-state index contributed by atoms with van der Waals surface area (Å²) in [5.74, 6) is -0.480. The molecule has 1 amide bonds. The largest absolute Gasteiger partial charge is 0.481 e. The highest BCUT2D eigenvalue weighted by Gasteiger charge is 2.16. The number of unbranched alkanes of at least 4 members (excludes halogenated alkanes) is 4. The number of carboxylic acids is 1. The molecule has 0 aromatic heterocycles. The van der Waals surface area contributed by atoms with Crippen molar-refractivity contribution < 1.29 is 14.7 Å². The standard InChI is InChI=1S/C15H29NO3/c1-4-5-6-7-8-9-14(17)16-13(10-12(2)3)11-15(18)19/h12-13H,4-11H2,1-3H3,(H,16,17)(H,18,19). The van der Waals surface area contributed by atoms with Crippen LogP contribution in [0.2, 0.25) is 0 Å². The van der Waals surface area contributed by atoms with Crippen LogP contribution in [-0.4, -0.2) is 23.0 Å². The van der Waals surface area contributed by atoms with Crippen molar-refractivity contribution in [2.45, 2.75) is 78.2 Å². The lowest BCUT2D eigenvalue weighted by Gasteiger charge is -2.18. The molecule has 19 heavy (non-hydrogen) atoms. The molecule has 0 aliphatic rings. The number of hydrogen-bond acceptors (Lipinski definition) is 2. The number of carbonyl (C=O) groups is 2. The maximum atomic E-state index is 11.7. The SMILES string of the molecule is CCCCCCCC(=O)NC(CC(=O)O)CC(C)C. The minimum absolute atomic E-state index is 0.0107. The van der Waals surface area contributed by atoms with Gasteiger partial charge in [-0.2, -0.15) is 0 Å². The molecule has 112 valence electrons. The van der Waals surface area contributed by atoms with E-state index in [1.807, 2.05) is 13.8 Å². The summed E-state index contributed by atoms with van der Waals surface area (Å²) in [4.78, 5) is 22.5. The molecule has 0 heterocycles. The van der Waals surface area contributed by atoms with Gasteiger partial charge >= 0.3 is 5.97 Å². The van der Waals surface area contributed by atoms with E-state index in [4.69, 9.17) is 5.11 Å². The second kappa shape index (κ2) is 10.8. The van der Waals surface area contributed by atoms with Crippen LogP contribution in [0.5, 0.6) is 0 Å². The van der Waals surface area contributed by atoms with E-state index >= 15 is 0 Å². The van der Waals surface area contributed by atoms with Crippen molar-refractivity contribution in [3.8, 4) is 0 Å². The van der Waals surface area contributed by atoms with Gasteiger partial charge in [-0.05, 0) is 18.8 Å². The number of carbonyl (C=O) groups excluding carboxylic acids is 1. The molecule has 0 saturated heterocycles. The zero-order valence-corrected chi connectivity index (χ0v) is 12.6. The van der Waals surface area contributed by atoms with E-state index in [1.54, 1.807) is 0 Å². The number of aliphatic carboxylic acids is 1. The average molecular weight is 271 g/mol. The lowest BCUT2D eigenvalue weighted by atomic mass is 10.0. The van der Waals surface area contributed by atoms with Gasteiger partial charge in [0.05, 0.1) is 6.42 Å². The summed E-state index contributed by atoms with van der Waals surface area (Å²) in [5.41, 5.74) is 0. The maximum absolute atomic E-state index is 11.7. The molecule has 4 nitrogen and oxygen atoms in total. The first-order valence-corrected chi connectivity index (χ1v) is 7.46. The van der Waals surface area contributed by atoms with E-state index in [0.29, 0.717) is 18.8 Å². The molecule has 0 aliphatic heterocycles. The molecule has 2 N–H and O–H groups in total. The third-order valence-electron chi connectivity index (χ3n) is 3.05. The number of carboxylic acid groups (broad SMARTS) is 1. The molecular weight excluding hydrogens is 242 g/mol. The molecule has 1 atom stereocenters. The molecule has 4 heteroatoms. The van der Waals surface area contributed by atoms with Gasteiger partial charge in [0.1, 0.15) is 0 Å². The maximum Gasteiger partial charge on any atom is 0.305 e. The van der Waals surface area contributed by atoms with Crippen LogP contribution in [0.3, 0.4) is 0 Å². The fourth-order valence-electron chi connectivity index (χ4n) is 2.16. The van der Waals surface area contributed by atoms with E-state index in [2.05, 4.69) is 12.2 Å². The fourth-order valence-corrected chi connectivity index (χ4v) is 2.16. The van der Waals surface area contributed by atoms with E-state index in [9.17, 15) is 9.59 Å². The summed E-state index contributed by atoms with van der Waals surface area (Å²) >= 11 is 0. The van der Waals surface area contributed by atoms with Crippen LogP contribution in [0, 0.1) is 5.92 Å². The molecular formula is C15H29NO3. The highest BCUT2D eigenvalue weighted by atomic mass is 16.4. The minimum Gasteiger partial charge on any atom is -0.481 e. The lowest BCUT2D eigenvalue weighted by Crippen LogP contribution is -2.37. The summed E-state index contributed by atoms with van der Waals surface area (Å²) in [6, 6.07) is -0.236. The molecule has 0 saturated carbocycles. The Morgan fingerprint density at radius 3 is 2.26 bits per heavy atom. The highest BCUT2D eigenvalue weighted by molar-refractivity contribution is 5.77. The number of amides is 1. The first-order chi connectivity index (χ1) is 8.95.